The highest BCUT2D eigenvalue weighted by molar-refractivity contribution is 5.82. The first-order chi connectivity index (χ1) is 12.0. The number of hydrogen-bond acceptors (Lipinski definition) is 8. The van der Waals surface area contributed by atoms with Gasteiger partial charge in [0.05, 0.1) is 10.5 Å². The minimum Gasteiger partial charge on any atom is -0.482 e. The average Bonchev–Trinajstić information content (AvgIpc) is 2.53. The molecule has 0 radical (unpaired) electrons. The van der Waals surface area contributed by atoms with Gasteiger partial charge in [0.25, 0.3) is 11.5 Å². The number of nitrogens with zero attached hydrogens (tertiary/aromatic N) is 3. The Kier molecular flexibility index (Phi) is 4.78. The molecule has 1 aromatic rings. The fourth-order valence-electron chi connectivity index (χ4n) is 2.62. The Bertz CT molecular complexity index is 800. The van der Waals surface area contributed by atoms with Crippen molar-refractivity contribution in [1.29, 1.82) is 5.26 Å². The Hall–Kier alpha value is -2.94. The van der Waals surface area contributed by atoms with Gasteiger partial charge in [0.2, 0.25) is 11.7 Å². The Labute approximate surface area is 148 Å². The van der Waals surface area contributed by atoms with Crippen molar-refractivity contribution in [2.24, 2.45) is 4.99 Å². The van der Waals surface area contributed by atoms with Crippen molar-refractivity contribution < 1.29 is 25.0 Å². The number of benzene rings is 1. The first-order valence-electron chi connectivity index (χ1n) is 7.63. The number of nitriles is 1. The summed E-state index contributed by atoms with van der Waals surface area (Å²) < 4.78 is 5.52. The lowest BCUT2D eigenvalue weighted by molar-refractivity contribution is -0.385. The number of fused-ring (bicyclic) bond motifs is 1. The number of rotatable bonds is 3. The van der Waals surface area contributed by atoms with Crippen molar-refractivity contribution in [3.63, 3.8) is 0 Å². The number of aliphatic imine (C=N–C) groups is 1. The summed E-state index contributed by atoms with van der Waals surface area (Å²) in [6, 6.07) is 3.35. The Morgan fingerprint density at radius 2 is 2.08 bits per heavy atom. The van der Waals surface area contributed by atoms with E-state index in [9.17, 15) is 25.4 Å². The minimum absolute atomic E-state index is 0.00197. The zero-order valence-electron chi connectivity index (χ0n) is 14.3. The molecular weight excluding hydrogens is 346 g/mol. The molecule has 1 unspecified atom stereocenters. The van der Waals surface area contributed by atoms with Crippen LogP contribution in [-0.2, 0) is 5.72 Å². The maximum Gasteiger partial charge on any atom is 0.270 e. The summed E-state index contributed by atoms with van der Waals surface area (Å²) in [5.74, 6) is -3.20. The number of ether oxygens (including phenoxy) is 1. The third kappa shape index (κ3) is 2.90. The zero-order chi connectivity index (χ0) is 19.8. The van der Waals surface area contributed by atoms with Crippen LogP contribution in [0.25, 0.3) is 0 Å². The van der Waals surface area contributed by atoms with Gasteiger partial charge >= 0.3 is 0 Å². The molecule has 0 saturated heterocycles. The summed E-state index contributed by atoms with van der Waals surface area (Å²) in [6.45, 7) is 4.50. The van der Waals surface area contributed by atoms with Crippen molar-refractivity contribution in [2.45, 2.75) is 37.9 Å². The second-order valence-electron chi connectivity index (χ2n) is 6.12. The van der Waals surface area contributed by atoms with Gasteiger partial charge in [-0.2, -0.15) is 5.26 Å². The van der Waals surface area contributed by atoms with Crippen molar-refractivity contribution in [3.8, 4) is 11.9 Å². The van der Waals surface area contributed by atoms with Gasteiger partial charge in [-0.15, -0.1) is 0 Å². The van der Waals surface area contributed by atoms with Crippen molar-refractivity contribution in [1.82, 2.24) is 10.6 Å². The molecule has 1 aliphatic heterocycles. The van der Waals surface area contributed by atoms with E-state index < -0.39 is 27.7 Å². The molecule has 1 aliphatic rings. The van der Waals surface area contributed by atoms with Crippen molar-refractivity contribution in [3.05, 3.63) is 33.9 Å². The third-order valence-electron chi connectivity index (χ3n) is 4.06. The van der Waals surface area contributed by atoms with E-state index in [2.05, 4.69) is 15.6 Å². The quantitative estimate of drug-likeness (QED) is 0.0910. The van der Waals surface area contributed by atoms with Gasteiger partial charge in [-0.25, -0.2) is 0 Å². The lowest BCUT2D eigenvalue weighted by Gasteiger charge is -2.52. The van der Waals surface area contributed by atoms with E-state index in [4.69, 9.17) is 10.00 Å². The number of guanidine groups is 1. The molecule has 1 aromatic carbocycles. The predicted octanol–water partition coefficient (Wildman–Crippen LogP) is -0.372. The molecule has 1 heterocycles. The third-order valence-corrected chi connectivity index (χ3v) is 4.06. The van der Waals surface area contributed by atoms with Gasteiger partial charge in [0.15, 0.2) is 11.8 Å². The molecule has 0 fully saturated rings. The lowest BCUT2D eigenvalue weighted by atomic mass is 9.79. The van der Waals surface area contributed by atoms with Crippen LogP contribution < -0.4 is 15.4 Å². The van der Waals surface area contributed by atoms with E-state index in [1.165, 1.54) is 19.9 Å². The maximum atomic E-state index is 11.2. The number of non-ortho nitro benzene ring substituents is 1. The highest BCUT2D eigenvalue weighted by atomic mass is 16.6. The summed E-state index contributed by atoms with van der Waals surface area (Å²) in [4.78, 5) is 14.3. The molecule has 26 heavy (non-hydrogen) atoms. The zero-order valence-corrected chi connectivity index (χ0v) is 14.3. The molecule has 0 bridgehead atoms. The maximum absolute atomic E-state index is 11.2. The summed E-state index contributed by atoms with van der Waals surface area (Å²) in [5.41, 5.74) is -5.08. The fourth-order valence-corrected chi connectivity index (χ4v) is 2.62. The number of nitro groups is 1. The smallest absolute Gasteiger partial charge is 0.270 e. The van der Waals surface area contributed by atoms with Crippen LogP contribution in [-0.4, -0.2) is 44.1 Å². The summed E-state index contributed by atoms with van der Waals surface area (Å²) >= 11 is 0. The summed E-state index contributed by atoms with van der Waals surface area (Å²) in [6.07, 6.45) is 1.60. The van der Waals surface area contributed by atoms with E-state index in [-0.39, 0.29) is 23.8 Å². The van der Waals surface area contributed by atoms with Gasteiger partial charge in [0.1, 0.15) is 5.75 Å². The van der Waals surface area contributed by atoms with Gasteiger partial charge in [-0.3, -0.25) is 20.4 Å². The molecule has 0 saturated carbocycles. The minimum atomic E-state index is -2.95. The molecule has 0 aromatic heterocycles. The molecule has 0 spiro atoms. The Morgan fingerprint density at radius 1 is 1.42 bits per heavy atom. The van der Waals surface area contributed by atoms with Crippen molar-refractivity contribution in [2.75, 3.05) is 6.54 Å². The number of nitrogens with one attached hydrogen (secondary N) is 2. The SMILES string of the molecule is CCN=C(NC#N)NC1(O)c2cc([N+](=O)[O-])ccc2OC(C)(C)C1(O)O. The average molecular weight is 365 g/mol. The predicted molar refractivity (Wildman–Crippen MR) is 88.7 cm³/mol. The van der Waals surface area contributed by atoms with Gasteiger partial charge in [0, 0.05) is 18.7 Å². The van der Waals surface area contributed by atoms with Crippen LogP contribution in [0.2, 0.25) is 0 Å². The second kappa shape index (κ2) is 6.41. The molecule has 2 rings (SSSR count). The first kappa shape index (κ1) is 19.4. The summed E-state index contributed by atoms with van der Waals surface area (Å²) in [5, 5.41) is 56.9. The van der Waals surface area contributed by atoms with Crippen LogP contribution in [0.3, 0.4) is 0 Å². The van der Waals surface area contributed by atoms with Gasteiger partial charge in [-0.05, 0) is 26.8 Å². The topological polar surface area (TPSA) is 173 Å². The standard InChI is InChI=1S/C15H19N5O6/c1-4-17-12(18-8-16)19-14(21)10-7-9(20(24)25)5-6-11(10)26-13(2,3)15(14,22)23/h5-7,21-23H,4H2,1-3H3,(H2,17,18,19). The van der Waals surface area contributed by atoms with E-state index >= 15 is 0 Å². The van der Waals surface area contributed by atoms with Crippen LogP contribution in [0.5, 0.6) is 5.75 Å². The highest BCUT2D eigenvalue weighted by Crippen LogP contribution is 2.48. The number of nitro benzene ring substituents is 1. The molecule has 0 amide bonds. The second-order valence-corrected chi connectivity index (χ2v) is 6.12. The highest BCUT2D eigenvalue weighted by Gasteiger charge is 2.65. The number of hydrogen-bond donors (Lipinski definition) is 5. The fraction of sp³-hybridized carbons (Fsp3) is 0.467. The van der Waals surface area contributed by atoms with Crippen LogP contribution in [0, 0.1) is 21.6 Å². The van der Waals surface area contributed by atoms with Crippen LogP contribution in [0.1, 0.15) is 26.3 Å². The first-order valence-corrected chi connectivity index (χ1v) is 7.63. The molecule has 5 N–H and O–H groups in total. The van der Waals surface area contributed by atoms with Crippen LogP contribution in [0.15, 0.2) is 23.2 Å². The van der Waals surface area contributed by atoms with E-state index in [0.29, 0.717) is 0 Å². The van der Waals surface area contributed by atoms with Crippen LogP contribution >= 0.6 is 0 Å². The van der Waals surface area contributed by atoms with E-state index in [1.807, 2.05) is 0 Å². The molecular formula is C15H19N5O6. The molecule has 0 aliphatic carbocycles. The monoisotopic (exact) mass is 365 g/mol. The largest absolute Gasteiger partial charge is 0.482 e. The van der Waals surface area contributed by atoms with Gasteiger partial charge in [-0.1, -0.05) is 0 Å². The van der Waals surface area contributed by atoms with Crippen LogP contribution in [0.4, 0.5) is 5.69 Å². The normalized spacial score (nSPS) is 23.2. The summed E-state index contributed by atoms with van der Waals surface area (Å²) in [7, 11) is 0. The van der Waals surface area contributed by atoms with E-state index in [0.717, 1.165) is 12.1 Å². The molecule has 1 atom stereocenters. The number of aliphatic hydroxyl groups is 3. The molecule has 140 valence electrons. The van der Waals surface area contributed by atoms with E-state index in [1.54, 1.807) is 13.1 Å². The van der Waals surface area contributed by atoms with Crippen molar-refractivity contribution >= 4 is 11.6 Å². The van der Waals surface area contributed by atoms with Gasteiger partial charge < -0.3 is 25.4 Å². The molecule has 11 nitrogen and oxygen atoms in total. The Balaban J connectivity index is 2.71. The Morgan fingerprint density at radius 3 is 2.62 bits per heavy atom. The molecule has 11 heteroatoms. The lowest BCUT2D eigenvalue weighted by Crippen LogP contribution is -2.74.